The average molecular weight is 242 g/mol. The van der Waals surface area contributed by atoms with Crippen LogP contribution in [0.15, 0.2) is 16.5 Å². The van der Waals surface area contributed by atoms with E-state index in [1.54, 1.807) is 22.7 Å². The Balaban J connectivity index is 2.47. The molecule has 0 aliphatic heterocycles. The van der Waals surface area contributed by atoms with Gasteiger partial charge in [0.15, 0.2) is 0 Å². The number of thiol groups is 1. The van der Waals surface area contributed by atoms with E-state index in [2.05, 4.69) is 41.3 Å². The van der Waals surface area contributed by atoms with Gasteiger partial charge in [0.2, 0.25) is 0 Å². The first-order valence-corrected chi connectivity index (χ1v) is 6.28. The second-order valence-electron chi connectivity index (χ2n) is 2.85. The predicted octanol–water partition coefficient (Wildman–Crippen LogP) is 3.51. The number of thiophene rings is 1. The van der Waals surface area contributed by atoms with Crippen molar-refractivity contribution >= 4 is 40.3 Å². The molecule has 0 atom stereocenters. The minimum Gasteiger partial charge on any atom is -0.378 e. The van der Waals surface area contributed by atoms with Crippen molar-refractivity contribution in [1.82, 2.24) is 4.98 Å². The van der Waals surface area contributed by atoms with Crippen LogP contribution < -0.4 is 5.32 Å². The molecule has 2 aromatic rings. The van der Waals surface area contributed by atoms with Crippen LogP contribution in [0.2, 0.25) is 0 Å². The summed E-state index contributed by atoms with van der Waals surface area (Å²) in [5.74, 6) is 0. The fourth-order valence-electron chi connectivity index (χ4n) is 1.16. The van der Waals surface area contributed by atoms with E-state index in [0.717, 1.165) is 15.0 Å². The molecule has 5 heteroatoms. The van der Waals surface area contributed by atoms with Crippen LogP contribution in [0, 0.1) is 6.92 Å². The molecule has 2 heterocycles. The van der Waals surface area contributed by atoms with Crippen LogP contribution in [0.4, 0.5) is 5.00 Å². The van der Waals surface area contributed by atoms with Gasteiger partial charge in [0.1, 0.15) is 15.0 Å². The predicted molar refractivity (Wildman–Crippen MR) is 67.0 cm³/mol. The van der Waals surface area contributed by atoms with Crippen LogP contribution in [0.1, 0.15) is 5.56 Å². The number of nitrogens with one attached hydrogen (secondary N) is 1. The van der Waals surface area contributed by atoms with E-state index >= 15 is 0 Å². The first kappa shape index (κ1) is 10.0. The Kier molecular flexibility index (Phi) is 2.80. The Morgan fingerprint density at radius 2 is 2.29 bits per heavy atom. The van der Waals surface area contributed by atoms with E-state index in [9.17, 15) is 0 Å². The summed E-state index contributed by atoms with van der Waals surface area (Å²) in [4.78, 5) is 5.66. The van der Waals surface area contributed by atoms with Crippen LogP contribution in [0.25, 0.3) is 9.88 Å². The lowest BCUT2D eigenvalue weighted by molar-refractivity contribution is 1.21. The smallest absolute Gasteiger partial charge is 0.136 e. The SMILES string of the molecule is CNc1sc(-c2sccc2C)nc1S. The third-order valence-corrected chi connectivity index (χ3v) is 4.61. The Morgan fingerprint density at radius 3 is 2.79 bits per heavy atom. The van der Waals surface area contributed by atoms with Crippen molar-refractivity contribution in [2.75, 3.05) is 12.4 Å². The minimum atomic E-state index is 0.778. The number of rotatable bonds is 2. The third kappa shape index (κ3) is 1.67. The maximum atomic E-state index is 4.42. The first-order chi connectivity index (χ1) is 6.72. The van der Waals surface area contributed by atoms with Gasteiger partial charge in [-0.25, -0.2) is 4.98 Å². The molecular weight excluding hydrogens is 232 g/mol. The molecule has 0 radical (unpaired) electrons. The fourth-order valence-corrected chi connectivity index (χ4v) is 3.48. The molecular formula is C9H10N2S3. The van der Waals surface area contributed by atoms with Crippen molar-refractivity contribution in [1.29, 1.82) is 0 Å². The number of aromatic nitrogens is 1. The summed E-state index contributed by atoms with van der Waals surface area (Å²) in [6.07, 6.45) is 0. The summed E-state index contributed by atoms with van der Waals surface area (Å²) in [7, 11) is 1.89. The lowest BCUT2D eigenvalue weighted by Crippen LogP contribution is -1.83. The van der Waals surface area contributed by atoms with Crippen molar-refractivity contribution in [3.8, 4) is 9.88 Å². The minimum absolute atomic E-state index is 0.778. The molecule has 2 rings (SSSR count). The van der Waals surface area contributed by atoms with Gasteiger partial charge in [0.25, 0.3) is 0 Å². The normalized spacial score (nSPS) is 10.5. The van der Waals surface area contributed by atoms with Gasteiger partial charge in [-0.2, -0.15) is 0 Å². The molecule has 0 spiro atoms. The Hall–Kier alpha value is -0.520. The zero-order valence-corrected chi connectivity index (χ0v) is 10.4. The molecule has 0 fully saturated rings. The van der Waals surface area contributed by atoms with Gasteiger partial charge in [-0.1, -0.05) is 11.3 Å². The molecule has 74 valence electrons. The summed E-state index contributed by atoms with van der Waals surface area (Å²) in [5.41, 5.74) is 1.28. The van der Waals surface area contributed by atoms with Crippen molar-refractivity contribution < 1.29 is 0 Å². The number of thiazole rings is 1. The standard InChI is InChI=1S/C9H10N2S3/c1-5-3-4-13-6(5)8-11-7(12)9(10-2)14-8/h3-4,10,12H,1-2H3. The molecule has 14 heavy (non-hydrogen) atoms. The molecule has 0 aliphatic carbocycles. The monoisotopic (exact) mass is 242 g/mol. The van der Waals surface area contributed by atoms with Crippen molar-refractivity contribution in [2.45, 2.75) is 11.9 Å². The lowest BCUT2D eigenvalue weighted by Gasteiger charge is -1.91. The average Bonchev–Trinajstić information content (AvgIpc) is 2.71. The van der Waals surface area contributed by atoms with Gasteiger partial charge in [-0.15, -0.1) is 24.0 Å². The Labute approximate surface area is 96.4 Å². The Bertz CT molecular complexity index is 445. The van der Waals surface area contributed by atoms with Crippen molar-refractivity contribution in [3.05, 3.63) is 17.0 Å². The number of anilines is 1. The second kappa shape index (κ2) is 3.92. The first-order valence-electron chi connectivity index (χ1n) is 4.14. The molecule has 0 saturated carbocycles. The number of hydrogen-bond donors (Lipinski definition) is 2. The van der Waals surface area contributed by atoms with Gasteiger partial charge in [-0.05, 0) is 23.9 Å². The number of aryl methyl sites for hydroxylation is 1. The fraction of sp³-hybridized carbons (Fsp3) is 0.222. The highest BCUT2D eigenvalue weighted by Gasteiger charge is 2.11. The van der Waals surface area contributed by atoms with Gasteiger partial charge in [-0.3, -0.25) is 0 Å². The molecule has 0 aromatic carbocycles. The molecule has 0 bridgehead atoms. The lowest BCUT2D eigenvalue weighted by atomic mass is 10.3. The summed E-state index contributed by atoms with van der Waals surface area (Å²) in [6.45, 7) is 2.10. The molecule has 0 amide bonds. The number of hydrogen-bond acceptors (Lipinski definition) is 5. The molecule has 2 aromatic heterocycles. The molecule has 0 saturated heterocycles. The van der Waals surface area contributed by atoms with Gasteiger partial charge in [0.05, 0.1) is 4.88 Å². The topological polar surface area (TPSA) is 24.9 Å². The summed E-state index contributed by atoms with van der Waals surface area (Å²) >= 11 is 7.67. The summed E-state index contributed by atoms with van der Waals surface area (Å²) in [5, 5.41) is 8.02. The Morgan fingerprint density at radius 1 is 1.50 bits per heavy atom. The largest absolute Gasteiger partial charge is 0.378 e. The summed E-state index contributed by atoms with van der Waals surface area (Å²) in [6, 6.07) is 2.11. The third-order valence-electron chi connectivity index (χ3n) is 1.89. The summed E-state index contributed by atoms with van der Waals surface area (Å²) < 4.78 is 0. The quantitative estimate of drug-likeness (QED) is 0.788. The van der Waals surface area contributed by atoms with E-state index in [0.29, 0.717) is 0 Å². The second-order valence-corrected chi connectivity index (χ2v) is 5.19. The van der Waals surface area contributed by atoms with E-state index in [1.807, 2.05) is 7.05 Å². The van der Waals surface area contributed by atoms with Crippen LogP contribution >= 0.6 is 35.3 Å². The van der Waals surface area contributed by atoms with Crippen LogP contribution in [0.5, 0.6) is 0 Å². The molecule has 1 N–H and O–H groups in total. The molecule has 0 unspecified atom stereocenters. The van der Waals surface area contributed by atoms with Crippen LogP contribution in [0.3, 0.4) is 0 Å². The van der Waals surface area contributed by atoms with E-state index in [4.69, 9.17) is 0 Å². The van der Waals surface area contributed by atoms with Gasteiger partial charge >= 0.3 is 0 Å². The van der Waals surface area contributed by atoms with Crippen molar-refractivity contribution in [2.24, 2.45) is 0 Å². The van der Waals surface area contributed by atoms with E-state index < -0.39 is 0 Å². The van der Waals surface area contributed by atoms with E-state index in [-0.39, 0.29) is 0 Å². The zero-order valence-electron chi connectivity index (χ0n) is 7.87. The maximum Gasteiger partial charge on any atom is 0.136 e. The number of nitrogens with zero attached hydrogens (tertiary/aromatic N) is 1. The highest BCUT2D eigenvalue weighted by Crippen LogP contribution is 2.37. The van der Waals surface area contributed by atoms with Crippen LogP contribution in [-0.4, -0.2) is 12.0 Å². The maximum absolute atomic E-state index is 4.42. The van der Waals surface area contributed by atoms with Gasteiger partial charge < -0.3 is 5.32 Å². The molecule has 0 aliphatic rings. The van der Waals surface area contributed by atoms with E-state index in [1.165, 1.54) is 10.4 Å². The highest BCUT2D eigenvalue weighted by atomic mass is 32.1. The van der Waals surface area contributed by atoms with Crippen LogP contribution in [-0.2, 0) is 0 Å². The van der Waals surface area contributed by atoms with Crippen molar-refractivity contribution in [3.63, 3.8) is 0 Å². The van der Waals surface area contributed by atoms with Gasteiger partial charge in [0, 0.05) is 7.05 Å². The molecule has 2 nitrogen and oxygen atoms in total. The zero-order chi connectivity index (χ0) is 10.1. The highest BCUT2D eigenvalue weighted by molar-refractivity contribution is 7.80.